The molecular formula is C10H12N2O3. The summed E-state index contributed by atoms with van der Waals surface area (Å²) in [5.41, 5.74) is -0.0693. The third-order valence-electron chi connectivity index (χ3n) is 1.68. The first-order valence-corrected chi connectivity index (χ1v) is 4.53. The summed E-state index contributed by atoms with van der Waals surface area (Å²) in [6, 6.07) is 1.40. The van der Waals surface area contributed by atoms with Crippen molar-refractivity contribution in [3.63, 3.8) is 0 Å². The van der Waals surface area contributed by atoms with Gasteiger partial charge < -0.3 is 14.9 Å². The van der Waals surface area contributed by atoms with Crippen molar-refractivity contribution < 1.29 is 14.4 Å². The summed E-state index contributed by atoms with van der Waals surface area (Å²) >= 11 is 0. The highest BCUT2D eigenvalue weighted by Gasteiger charge is 2.09. The van der Waals surface area contributed by atoms with E-state index in [1.807, 2.05) is 0 Å². The van der Waals surface area contributed by atoms with E-state index in [0.717, 1.165) is 13.0 Å². The first-order chi connectivity index (χ1) is 7.24. The predicted octanol–water partition coefficient (Wildman–Crippen LogP) is 0.876. The first-order valence-electron chi connectivity index (χ1n) is 4.53. The Morgan fingerprint density at radius 3 is 3.13 bits per heavy atom. The van der Waals surface area contributed by atoms with Crippen molar-refractivity contribution in [1.82, 2.24) is 10.5 Å². The van der Waals surface area contributed by atoms with Crippen molar-refractivity contribution in [1.29, 1.82) is 0 Å². The molecule has 0 radical (unpaired) electrons. The Morgan fingerprint density at radius 2 is 2.53 bits per heavy atom. The topological polar surface area (TPSA) is 75.4 Å². The van der Waals surface area contributed by atoms with Crippen LogP contribution in [0.5, 0.6) is 0 Å². The molecule has 0 unspecified atom stereocenters. The first kappa shape index (κ1) is 11.3. The van der Waals surface area contributed by atoms with E-state index in [1.54, 1.807) is 6.92 Å². The van der Waals surface area contributed by atoms with Crippen LogP contribution in [0.25, 0.3) is 0 Å². The van der Waals surface area contributed by atoms with Crippen LogP contribution in [0.1, 0.15) is 29.6 Å². The fourth-order valence-electron chi connectivity index (χ4n) is 0.985. The molecule has 0 aliphatic rings. The lowest BCUT2D eigenvalue weighted by Gasteiger charge is -1.96. The van der Waals surface area contributed by atoms with Gasteiger partial charge in [0.25, 0.3) is 0 Å². The highest BCUT2D eigenvalue weighted by Crippen LogP contribution is 2.02. The largest absolute Gasteiger partial charge is 0.476 e. The van der Waals surface area contributed by atoms with Crippen molar-refractivity contribution in [2.45, 2.75) is 19.9 Å². The molecule has 2 N–H and O–H groups in total. The summed E-state index contributed by atoms with van der Waals surface area (Å²) in [6.45, 7) is 2.99. The molecule has 5 heteroatoms. The molecule has 0 bridgehead atoms. The maximum Gasteiger partial charge on any atom is 0.358 e. The van der Waals surface area contributed by atoms with Crippen molar-refractivity contribution >= 4 is 5.97 Å². The Kier molecular flexibility index (Phi) is 4.38. The summed E-state index contributed by atoms with van der Waals surface area (Å²) in [7, 11) is 0. The molecule has 1 heterocycles. The van der Waals surface area contributed by atoms with Crippen LogP contribution in [0.4, 0.5) is 0 Å². The lowest BCUT2D eigenvalue weighted by atomic mass is 10.3. The van der Waals surface area contributed by atoms with E-state index >= 15 is 0 Å². The molecular weight excluding hydrogens is 196 g/mol. The number of aromatic nitrogens is 1. The standard InChI is InChI=1S/C10H12N2O3/c1-2-3-4-5-11-7-8-6-9(10(13)14)12-15-8/h6,11H,4-5,7H2,1H3,(H,13,14). The average molecular weight is 208 g/mol. The quantitative estimate of drug-likeness (QED) is 0.555. The summed E-state index contributed by atoms with van der Waals surface area (Å²) < 4.78 is 4.80. The zero-order valence-electron chi connectivity index (χ0n) is 8.41. The lowest BCUT2D eigenvalue weighted by molar-refractivity contribution is 0.0685. The third kappa shape index (κ3) is 3.83. The van der Waals surface area contributed by atoms with Gasteiger partial charge in [0.2, 0.25) is 0 Å². The molecule has 1 rings (SSSR count). The summed E-state index contributed by atoms with van der Waals surface area (Å²) in [5, 5.41) is 15.0. The van der Waals surface area contributed by atoms with Crippen LogP contribution in [0.3, 0.4) is 0 Å². The number of carboxylic acids is 1. The van der Waals surface area contributed by atoms with Gasteiger partial charge >= 0.3 is 5.97 Å². The van der Waals surface area contributed by atoms with E-state index in [2.05, 4.69) is 22.3 Å². The van der Waals surface area contributed by atoms with E-state index in [4.69, 9.17) is 9.63 Å². The number of carbonyl (C=O) groups is 1. The van der Waals surface area contributed by atoms with Gasteiger partial charge in [0.1, 0.15) is 0 Å². The third-order valence-corrected chi connectivity index (χ3v) is 1.68. The van der Waals surface area contributed by atoms with Gasteiger partial charge in [-0.05, 0) is 6.92 Å². The molecule has 15 heavy (non-hydrogen) atoms. The van der Waals surface area contributed by atoms with Crippen molar-refractivity contribution in [3.05, 3.63) is 17.5 Å². The fourth-order valence-corrected chi connectivity index (χ4v) is 0.985. The van der Waals surface area contributed by atoms with Gasteiger partial charge in [-0.3, -0.25) is 0 Å². The van der Waals surface area contributed by atoms with Crippen LogP contribution in [0.2, 0.25) is 0 Å². The highest BCUT2D eigenvalue weighted by molar-refractivity contribution is 5.85. The number of rotatable bonds is 5. The average Bonchev–Trinajstić information content (AvgIpc) is 2.66. The molecule has 80 valence electrons. The van der Waals surface area contributed by atoms with Gasteiger partial charge in [-0.1, -0.05) is 5.16 Å². The minimum Gasteiger partial charge on any atom is -0.476 e. The Hall–Kier alpha value is -1.80. The number of carboxylic acid groups (broad SMARTS) is 1. The van der Waals surface area contributed by atoms with Gasteiger partial charge in [0.15, 0.2) is 11.5 Å². The van der Waals surface area contributed by atoms with Crippen LogP contribution in [0.15, 0.2) is 10.6 Å². The highest BCUT2D eigenvalue weighted by atomic mass is 16.5. The van der Waals surface area contributed by atoms with E-state index in [-0.39, 0.29) is 5.69 Å². The maximum atomic E-state index is 10.5. The molecule has 0 saturated carbocycles. The van der Waals surface area contributed by atoms with Crippen LogP contribution in [-0.4, -0.2) is 22.8 Å². The molecule has 1 aromatic heterocycles. The number of nitrogens with one attached hydrogen (secondary N) is 1. The van der Waals surface area contributed by atoms with Gasteiger partial charge in [-0.15, -0.1) is 11.8 Å². The van der Waals surface area contributed by atoms with Crippen molar-refractivity contribution in [2.75, 3.05) is 6.54 Å². The minimum atomic E-state index is -1.08. The second-order valence-corrected chi connectivity index (χ2v) is 2.84. The zero-order chi connectivity index (χ0) is 11.1. The lowest BCUT2D eigenvalue weighted by Crippen LogP contribution is -2.13. The molecule has 5 nitrogen and oxygen atoms in total. The molecule has 0 atom stereocenters. The van der Waals surface area contributed by atoms with Crippen LogP contribution >= 0.6 is 0 Å². The molecule has 0 spiro atoms. The Labute approximate surface area is 87.5 Å². The second kappa shape index (κ2) is 5.83. The zero-order valence-corrected chi connectivity index (χ0v) is 8.41. The smallest absolute Gasteiger partial charge is 0.358 e. The number of aromatic carboxylic acids is 1. The second-order valence-electron chi connectivity index (χ2n) is 2.84. The van der Waals surface area contributed by atoms with Crippen LogP contribution in [-0.2, 0) is 6.54 Å². The Balaban J connectivity index is 2.30. The molecule has 0 aromatic carbocycles. The van der Waals surface area contributed by atoms with Gasteiger partial charge in [-0.2, -0.15) is 0 Å². The predicted molar refractivity (Wildman–Crippen MR) is 53.2 cm³/mol. The Morgan fingerprint density at radius 1 is 1.73 bits per heavy atom. The van der Waals surface area contributed by atoms with Crippen LogP contribution in [0, 0.1) is 11.8 Å². The number of hydrogen-bond donors (Lipinski definition) is 2. The van der Waals surface area contributed by atoms with E-state index in [9.17, 15) is 4.79 Å². The van der Waals surface area contributed by atoms with E-state index in [1.165, 1.54) is 6.07 Å². The molecule has 0 saturated heterocycles. The fraction of sp³-hybridized carbons (Fsp3) is 0.400. The molecule has 0 amide bonds. The Bertz CT molecular complexity index is 387. The van der Waals surface area contributed by atoms with Gasteiger partial charge in [0.05, 0.1) is 6.54 Å². The SMILES string of the molecule is CC#CCCNCc1cc(C(=O)O)no1. The maximum absolute atomic E-state index is 10.5. The van der Waals surface area contributed by atoms with Gasteiger partial charge in [-0.25, -0.2) is 4.79 Å². The van der Waals surface area contributed by atoms with E-state index in [0.29, 0.717) is 12.3 Å². The van der Waals surface area contributed by atoms with Crippen molar-refractivity contribution in [3.8, 4) is 11.8 Å². The number of hydrogen-bond acceptors (Lipinski definition) is 4. The molecule has 0 aliphatic heterocycles. The molecule has 1 aromatic rings. The molecule has 0 fully saturated rings. The molecule has 0 aliphatic carbocycles. The summed E-state index contributed by atoms with van der Waals surface area (Å²) in [6.07, 6.45) is 0.760. The summed E-state index contributed by atoms with van der Waals surface area (Å²) in [5.74, 6) is 5.12. The summed E-state index contributed by atoms with van der Waals surface area (Å²) in [4.78, 5) is 10.5. The minimum absolute atomic E-state index is 0.0693. The van der Waals surface area contributed by atoms with Crippen LogP contribution < -0.4 is 5.32 Å². The normalized spacial score (nSPS) is 9.40. The van der Waals surface area contributed by atoms with E-state index < -0.39 is 5.97 Å². The van der Waals surface area contributed by atoms with Crippen molar-refractivity contribution in [2.24, 2.45) is 0 Å². The monoisotopic (exact) mass is 208 g/mol. The van der Waals surface area contributed by atoms with Gasteiger partial charge in [0, 0.05) is 19.0 Å². The number of nitrogens with zero attached hydrogens (tertiary/aromatic N) is 1.